The smallest absolute Gasteiger partial charge is 0.240 e. The number of nitrogens with two attached hydrogens (primary N) is 1. The molecule has 5 heteroatoms. The van der Waals surface area contributed by atoms with E-state index in [1.54, 1.807) is 29.3 Å². The minimum Gasteiger partial charge on any atom is -0.399 e. The van der Waals surface area contributed by atoms with Crippen molar-refractivity contribution in [3.63, 3.8) is 0 Å². The fourth-order valence-corrected chi connectivity index (χ4v) is 1.60. The van der Waals surface area contributed by atoms with Crippen LogP contribution in [0.4, 0.5) is 11.4 Å². The van der Waals surface area contributed by atoms with Crippen LogP contribution >= 0.6 is 0 Å². The molecule has 0 aliphatic carbocycles. The van der Waals surface area contributed by atoms with Crippen LogP contribution in [0.25, 0.3) is 0 Å². The van der Waals surface area contributed by atoms with Gasteiger partial charge >= 0.3 is 0 Å². The molecule has 86 valence electrons. The third-order valence-corrected chi connectivity index (χ3v) is 2.32. The predicted octanol–water partition coefficient (Wildman–Crippen LogP) is 0.845. The molecule has 1 aromatic carbocycles. The van der Waals surface area contributed by atoms with Gasteiger partial charge in [-0.05, 0) is 24.6 Å². The van der Waals surface area contributed by atoms with E-state index >= 15 is 0 Å². The highest BCUT2D eigenvalue weighted by Crippen LogP contribution is 2.12. The Morgan fingerprint density at radius 2 is 2.44 bits per heavy atom. The van der Waals surface area contributed by atoms with Gasteiger partial charge in [0, 0.05) is 17.9 Å². The fourth-order valence-electron chi connectivity index (χ4n) is 1.60. The largest absolute Gasteiger partial charge is 0.399 e. The Morgan fingerprint density at radius 1 is 1.56 bits per heavy atom. The molecule has 0 atom stereocenters. The number of hydroxylamine groups is 2. The maximum atomic E-state index is 11.6. The number of anilines is 2. The van der Waals surface area contributed by atoms with Gasteiger partial charge in [-0.15, -0.1) is 0 Å². The van der Waals surface area contributed by atoms with Crippen LogP contribution in [-0.2, 0) is 9.63 Å². The third-order valence-electron chi connectivity index (χ3n) is 2.32. The molecule has 1 amide bonds. The third kappa shape index (κ3) is 2.95. The molecular weight excluding hydrogens is 206 g/mol. The van der Waals surface area contributed by atoms with Gasteiger partial charge in [0.25, 0.3) is 0 Å². The number of carbonyl (C=O) groups excluding carboxylic acids is 1. The van der Waals surface area contributed by atoms with Crippen molar-refractivity contribution in [3.05, 3.63) is 24.3 Å². The van der Waals surface area contributed by atoms with Crippen molar-refractivity contribution in [2.75, 3.05) is 30.7 Å². The van der Waals surface area contributed by atoms with Crippen LogP contribution in [0.2, 0.25) is 0 Å². The lowest BCUT2D eigenvalue weighted by Gasteiger charge is -2.13. The fraction of sp³-hybridized carbons (Fsp3) is 0.364. The number of rotatable bonds is 3. The topological polar surface area (TPSA) is 67.6 Å². The summed E-state index contributed by atoms with van der Waals surface area (Å²) < 4.78 is 0. The average Bonchev–Trinajstić information content (AvgIpc) is 2.70. The Labute approximate surface area is 94.1 Å². The van der Waals surface area contributed by atoms with E-state index in [0.29, 0.717) is 18.0 Å². The number of nitrogen functional groups attached to an aromatic ring is 1. The molecule has 1 fully saturated rings. The molecule has 1 heterocycles. The number of amides is 1. The van der Waals surface area contributed by atoms with Crippen molar-refractivity contribution < 1.29 is 9.63 Å². The number of hydrogen-bond acceptors (Lipinski definition) is 4. The molecule has 0 spiro atoms. The Hall–Kier alpha value is -1.59. The van der Waals surface area contributed by atoms with Crippen molar-refractivity contribution in [2.45, 2.75) is 6.42 Å². The average molecular weight is 221 g/mol. The first kappa shape index (κ1) is 10.9. The second kappa shape index (κ2) is 4.96. The molecule has 0 radical (unpaired) electrons. The van der Waals surface area contributed by atoms with Crippen LogP contribution in [-0.4, -0.2) is 30.7 Å². The summed E-state index contributed by atoms with van der Waals surface area (Å²) in [6, 6.07) is 7.11. The lowest BCUT2D eigenvalue weighted by molar-refractivity contribution is -0.137. The molecular formula is C11H15N3O2. The van der Waals surface area contributed by atoms with Crippen LogP contribution in [0.5, 0.6) is 0 Å². The second-order valence-electron chi connectivity index (χ2n) is 3.72. The minimum atomic E-state index is -0.0903. The number of nitrogens with zero attached hydrogens (tertiary/aromatic N) is 1. The summed E-state index contributed by atoms with van der Waals surface area (Å²) >= 11 is 0. The van der Waals surface area contributed by atoms with E-state index in [-0.39, 0.29) is 12.5 Å². The molecule has 0 unspecified atom stereocenters. The lowest BCUT2D eigenvalue weighted by atomic mass is 10.3. The quantitative estimate of drug-likeness (QED) is 0.742. The van der Waals surface area contributed by atoms with Crippen LogP contribution in [0, 0.1) is 0 Å². The molecule has 0 saturated carbocycles. The van der Waals surface area contributed by atoms with E-state index in [1.807, 2.05) is 0 Å². The molecule has 16 heavy (non-hydrogen) atoms. The van der Waals surface area contributed by atoms with Crippen LogP contribution in [0.1, 0.15) is 6.42 Å². The SMILES string of the molecule is Nc1cccc(NC(=O)CN2CCCO2)c1. The number of nitrogens with one attached hydrogen (secondary N) is 1. The highest BCUT2D eigenvalue weighted by atomic mass is 16.7. The normalized spacial score (nSPS) is 16.2. The Morgan fingerprint density at radius 3 is 3.12 bits per heavy atom. The van der Waals surface area contributed by atoms with Gasteiger partial charge in [0.1, 0.15) is 6.54 Å². The highest BCUT2D eigenvalue weighted by Gasteiger charge is 2.15. The maximum Gasteiger partial charge on any atom is 0.240 e. The van der Waals surface area contributed by atoms with Gasteiger partial charge in [0.05, 0.1) is 6.61 Å². The number of carbonyl (C=O) groups is 1. The Balaban J connectivity index is 1.86. The predicted molar refractivity (Wildman–Crippen MR) is 61.6 cm³/mol. The second-order valence-corrected chi connectivity index (χ2v) is 3.72. The summed E-state index contributed by atoms with van der Waals surface area (Å²) in [7, 11) is 0. The minimum absolute atomic E-state index is 0.0903. The highest BCUT2D eigenvalue weighted by molar-refractivity contribution is 5.92. The van der Waals surface area contributed by atoms with Crippen LogP contribution in [0.15, 0.2) is 24.3 Å². The van der Waals surface area contributed by atoms with Crippen LogP contribution in [0.3, 0.4) is 0 Å². The molecule has 3 N–H and O–H groups in total. The summed E-state index contributed by atoms with van der Waals surface area (Å²) in [6.07, 6.45) is 0.978. The van der Waals surface area contributed by atoms with Gasteiger partial charge < -0.3 is 11.1 Å². The van der Waals surface area contributed by atoms with Gasteiger partial charge in [-0.3, -0.25) is 9.63 Å². The number of hydrogen-bond donors (Lipinski definition) is 2. The molecule has 1 aliphatic heterocycles. The summed E-state index contributed by atoms with van der Waals surface area (Å²) in [4.78, 5) is 16.8. The monoisotopic (exact) mass is 221 g/mol. The number of benzene rings is 1. The van der Waals surface area contributed by atoms with E-state index in [9.17, 15) is 4.79 Å². The molecule has 5 nitrogen and oxygen atoms in total. The van der Waals surface area contributed by atoms with E-state index in [0.717, 1.165) is 13.0 Å². The first-order valence-corrected chi connectivity index (χ1v) is 5.27. The molecule has 0 bridgehead atoms. The zero-order valence-electron chi connectivity index (χ0n) is 8.98. The Bertz CT molecular complexity index is 375. The standard InChI is InChI=1S/C11H15N3O2/c12-9-3-1-4-10(7-9)13-11(15)8-14-5-2-6-16-14/h1,3-4,7H,2,5-6,8,12H2,(H,13,15). The van der Waals surface area contributed by atoms with Crippen molar-refractivity contribution >= 4 is 17.3 Å². The summed E-state index contributed by atoms with van der Waals surface area (Å²) in [5.74, 6) is -0.0903. The molecule has 1 aromatic rings. The first-order chi connectivity index (χ1) is 7.74. The lowest BCUT2D eigenvalue weighted by Crippen LogP contribution is -2.30. The molecule has 2 rings (SSSR count). The van der Waals surface area contributed by atoms with Crippen molar-refractivity contribution in [3.8, 4) is 0 Å². The van der Waals surface area contributed by atoms with Gasteiger partial charge in [-0.2, -0.15) is 5.06 Å². The first-order valence-electron chi connectivity index (χ1n) is 5.27. The zero-order valence-corrected chi connectivity index (χ0v) is 8.98. The summed E-state index contributed by atoms with van der Waals surface area (Å²) in [5, 5.41) is 4.44. The van der Waals surface area contributed by atoms with Gasteiger partial charge in [-0.1, -0.05) is 6.07 Å². The zero-order chi connectivity index (χ0) is 11.4. The van der Waals surface area contributed by atoms with Crippen LogP contribution < -0.4 is 11.1 Å². The van der Waals surface area contributed by atoms with Gasteiger partial charge in [0.15, 0.2) is 0 Å². The van der Waals surface area contributed by atoms with Crippen molar-refractivity contribution in [2.24, 2.45) is 0 Å². The maximum absolute atomic E-state index is 11.6. The summed E-state index contributed by atoms with van der Waals surface area (Å²) in [5.41, 5.74) is 6.96. The van der Waals surface area contributed by atoms with E-state index in [2.05, 4.69) is 5.32 Å². The van der Waals surface area contributed by atoms with E-state index < -0.39 is 0 Å². The van der Waals surface area contributed by atoms with E-state index in [1.165, 1.54) is 0 Å². The summed E-state index contributed by atoms with van der Waals surface area (Å²) in [6.45, 7) is 1.77. The molecule has 0 aromatic heterocycles. The molecule has 1 aliphatic rings. The van der Waals surface area contributed by atoms with Crippen molar-refractivity contribution in [1.82, 2.24) is 5.06 Å². The van der Waals surface area contributed by atoms with Gasteiger partial charge in [0.2, 0.25) is 5.91 Å². The molecule has 1 saturated heterocycles. The van der Waals surface area contributed by atoms with E-state index in [4.69, 9.17) is 10.6 Å². The van der Waals surface area contributed by atoms with Gasteiger partial charge in [-0.25, -0.2) is 0 Å². The van der Waals surface area contributed by atoms with Crippen molar-refractivity contribution in [1.29, 1.82) is 0 Å². The Kier molecular flexibility index (Phi) is 3.38.